The van der Waals surface area contributed by atoms with E-state index in [1.807, 2.05) is 24.3 Å². The first-order valence-corrected chi connectivity index (χ1v) is 12.5. The molecule has 1 aromatic carbocycles. The zero-order valence-electron chi connectivity index (χ0n) is 19.2. The van der Waals surface area contributed by atoms with Gasteiger partial charge in [-0.25, -0.2) is 9.97 Å². The number of rotatable bonds is 10. The second-order valence-corrected chi connectivity index (χ2v) is 9.61. The van der Waals surface area contributed by atoms with E-state index in [1.54, 1.807) is 43.5 Å². The molecule has 1 aliphatic rings. The minimum Gasteiger partial charge on any atom is -0.497 e. The van der Waals surface area contributed by atoms with E-state index in [2.05, 4.69) is 19.9 Å². The monoisotopic (exact) mass is 482 g/mol. The van der Waals surface area contributed by atoms with Crippen molar-refractivity contribution in [3.63, 3.8) is 0 Å². The molecule has 34 heavy (non-hydrogen) atoms. The molecule has 8 nitrogen and oxygen atoms in total. The van der Waals surface area contributed by atoms with Crippen LogP contribution in [-0.2, 0) is 4.79 Å². The third-order valence-electron chi connectivity index (χ3n) is 6.49. The zero-order valence-corrected chi connectivity index (χ0v) is 20.0. The maximum absolute atomic E-state index is 12.0. The summed E-state index contributed by atoms with van der Waals surface area (Å²) in [5.74, 6) is 0.370. The van der Waals surface area contributed by atoms with Gasteiger partial charge in [-0.3, -0.25) is 9.78 Å². The van der Waals surface area contributed by atoms with Crippen molar-refractivity contribution < 1.29 is 19.7 Å². The van der Waals surface area contributed by atoms with Crippen molar-refractivity contribution in [3.05, 3.63) is 54.5 Å². The molecule has 2 N–H and O–H groups in total. The number of carbonyl (C=O) groups is 1. The predicted molar refractivity (Wildman–Crippen MR) is 131 cm³/mol. The summed E-state index contributed by atoms with van der Waals surface area (Å²) >= 11 is 1.58. The second-order valence-electron chi connectivity index (χ2n) is 8.55. The first-order valence-electron chi connectivity index (χ1n) is 11.5. The molecule has 180 valence electrons. The Bertz CT molecular complexity index is 1100. The Balaban J connectivity index is 1.34. The van der Waals surface area contributed by atoms with Crippen LogP contribution >= 0.6 is 11.8 Å². The lowest BCUT2D eigenvalue weighted by Crippen LogP contribution is -2.44. The molecule has 0 bridgehead atoms. The first-order chi connectivity index (χ1) is 16.5. The highest BCUT2D eigenvalue weighted by Crippen LogP contribution is 2.33. The van der Waals surface area contributed by atoms with Crippen molar-refractivity contribution >= 4 is 28.6 Å². The quantitative estimate of drug-likeness (QED) is 0.330. The van der Waals surface area contributed by atoms with Crippen LogP contribution in [0.1, 0.15) is 30.9 Å². The number of methoxy groups -OCH3 is 1. The molecule has 3 aromatic rings. The standard InChI is InChI=1S/C25H30N4O4S/c1-33-18-4-5-22-20(15-18)19(7-11-26-22)23(30)6-3-17-8-12-29(16-21(17)24(31)32)13-14-34-25-27-9-2-10-28-25/h2,4-5,7,9-11,15,17,21,23,30H,3,6,8,12-14,16H2,1H3,(H,31,32)/t17-,21+,23-/m1/s1. The number of hydrogen-bond acceptors (Lipinski definition) is 8. The number of pyridine rings is 1. The zero-order chi connectivity index (χ0) is 23.9. The molecule has 9 heteroatoms. The summed E-state index contributed by atoms with van der Waals surface area (Å²) < 4.78 is 5.33. The van der Waals surface area contributed by atoms with E-state index < -0.39 is 18.0 Å². The van der Waals surface area contributed by atoms with Crippen LogP contribution in [0.15, 0.2) is 54.1 Å². The average molecular weight is 483 g/mol. The van der Waals surface area contributed by atoms with Gasteiger partial charge in [0.25, 0.3) is 0 Å². The topological polar surface area (TPSA) is 109 Å². The highest BCUT2D eigenvalue weighted by molar-refractivity contribution is 7.99. The van der Waals surface area contributed by atoms with Crippen molar-refractivity contribution in [2.24, 2.45) is 11.8 Å². The number of likely N-dealkylation sites (tertiary alicyclic amines) is 1. The van der Waals surface area contributed by atoms with E-state index in [9.17, 15) is 15.0 Å². The Hall–Kier alpha value is -2.75. The number of aliphatic hydroxyl groups is 1. The Kier molecular flexibility index (Phi) is 8.31. The fraction of sp³-hybridized carbons (Fsp3) is 0.440. The highest BCUT2D eigenvalue weighted by atomic mass is 32.2. The minimum absolute atomic E-state index is 0.0381. The third kappa shape index (κ3) is 6.02. The van der Waals surface area contributed by atoms with Gasteiger partial charge in [-0.15, -0.1) is 0 Å². The van der Waals surface area contributed by atoms with Crippen LogP contribution in [0.5, 0.6) is 5.75 Å². The molecule has 2 aromatic heterocycles. The molecule has 1 fully saturated rings. The normalized spacial score (nSPS) is 19.7. The molecule has 0 saturated carbocycles. The van der Waals surface area contributed by atoms with Gasteiger partial charge in [0.15, 0.2) is 5.16 Å². The van der Waals surface area contributed by atoms with Crippen LogP contribution in [0, 0.1) is 11.8 Å². The number of thioether (sulfide) groups is 1. The number of benzene rings is 1. The Labute approximate surface area is 203 Å². The maximum atomic E-state index is 12.0. The molecule has 1 aliphatic heterocycles. The number of carboxylic acids is 1. The second kappa shape index (κ2) is 11.6. The van der Waals surface area contributed by atoms with Gasteiger partial charge in [0, 0.05) is 42.8 Å². The van der Waals surface area contributed by atoms with E-state index in [-0.39, 0.29) is 5.92 Å². The van der Waals surface area contributed by atoms with Crippen LogP contribution < -0.4 is 4.74 Å². The fourth-order valence-corrected chi connectivity index (χ4v) is 5.42. The minimum atomic E-state index is -0.762. The van der Waals surface area contributed by atoms with Gasteiger partial charge in [0.2, 0.25) is 0 Å². The number of ether oxygens (including phenoxy) is 1. The van der Waals surface area contributed by atoms with E-state index in [1.165, 1.54) is 0 Å². The van der Waals surface area contributed by atoms with Gasteiger partial charge in [0.05, 0.1) is 24.6 Å². The van der Waals surface area contributed by atoms with Crippen molar-refractivity contribution in [2.75, 3.05) is 32.5 Å². The van der Waals surface area contributed by atoms with Crippen LogP contribution in [0.2, 0.25) is 0 Å². The summed E-state index contributed by atoms with van der Waals surface area (Å²) in [7, 11) is 1.61. The van der Waals surface area contributed by atoms with Crippen molar-refractivity contribution in [3.8, 4) is 5.75 Å². The number of aromatic nitrogens is 3. The number of carboxylic acid groups (broad SMARTS) is 1. The molecular weight excluding hydrogens is 452 g/mol. The third-order valence-corrected chi connectivity index (χ3v) is 7.35. The summed E-state index contributed by atoms with van der Waals surface area (Å²) in [5.41, 5.74) is 1.60. The molecule has 3 heterocycles. The molecule has 0 spiro atoms. The number of nitrogens with zero attached hydrogens (tertiary/aromatic N) is 4. The molecule has 0 radical (unpaired) electrons. The number of piperidine rings is 1. The van der Waals surface area contributed by atoms with Gasteiger partial charge >= 0.3 is 5.97 Å². The van der Waals surface area contributed by atoms with Gasteiger partial charge in [-0.2, -0.15) is 0 Å². The number of hydrogen-bond donors (Lipinski definition) is 2. The molecule has 0 aliphatic carbocycles. The molecule has 4 rings (SSSR count). The fourth-order valence-electron chi connectivity index (χ4n) is 4.61. The largest absolute Gasteiger partial charge is 0.497 e. The van der Waals surface area contributed by atoms with Crippen molar-refractivity contribution in [1.29, 1.82) is 0 Å². The number of aliphatic carboxylic acids is 1. The summed E-state index contributed by atoms with van der Waals surface area (Å²) in [6.07, 6.45) is 6.43. The Morgan fingerprint density at radius 3 is 2.82 bits per heavy atom. The number of aliphatic hydroxyl groups excluding tert-OH is 1. The van der Waals surface area contributed by atoms with Crippen molar-refractivity contribution in [2.45, 2.75) is 30.5 Å². The molecule has 3 atom stereocenters. The SMILES string of the molecule is COc1ccc2nccc([C@H](O)CC[C@@H]3CCN(CCSc4ncccn4)C[C@@H]3C(=O)O)c2c1. The van der Waals surface area contributed by atoms with E-state index in [0.29, 0.717) is 25.1 Å². The van der Waals surface area contributed by atoms with E-state index in [4.69, 9.17) is 4.74 Å². The predicted octanol–water partition coefficient (Wildman–Crippen LogP) is 3.66. The average Bonchev–Trinajstić information content (AvgIpc) is 2.87. The lowest BCUT2D eigenvalue weighted by molar-refractivity contribution is -0.146. The number of fused-ring (bicyclic) bond motifs is 1. The van der Waals surface area contributed by atoms with Crippen LogP contribution in [0.3, 0.4) is 0 Å². The van der Waals surface area contributed by atoms with Gasteiger partial charge in [0.1, 0.15) is 5.75 Å². The first kappa shape index (κ1) is 24.4. The lowest BCUT2D eigenvalue weighted by atomic mass is 9.81. The highest BCUT2D eigenvalue weighted by Gasteiger charge is 2.34. The van der Waals surface area contributed by atoms with Gasteiger partial charge in [-0.1, -0.05) is 11.8 Å². The van der Waals surface area contributed by atoms with Gasteiger partial charge < -0.3 is 19.8 Å². The summed E-state index contributed by atoms with van der Waals surface area (Å²) in [5, 5.41) is 22.4. The Morgan fingerprint density at radius 2 is 2.06 bits per heavy atom. The lowest BCUT2D eigenvalue weighted by Gasteiger charge is -2.36. The smallest absolute Gasteiger partial charge is 0.308 e. The summed E-state index contributed by atoms with van der Waals surface area (Å²) in [6.45, 7) is 2.19. The van der Waals surface area contributed by atoms with Crippen molar-refractivity contribution in [1.82, 2.24) is 19.9 Å². The van der Waals surface area contributed by atoms with E-state index >= 15 is 0 Å². The Morgan fingerprint density at radius 1 is 1.24 bits per heavy atom. The summed E-state index contributed by atoms with van der Waals surface area (Å²) in [4.78, 5) is 27.1. The molecule has 0 amide bonds. The molecule has 0 unspecified atom stereocenters. The molecule has 1 saturated heterocycles. The molecular formula is C25H30N4O4S. The van der Waals surface area contributed by atoms with E-state index in [0.717, 1.165) is 46.9 Å². The van der Waals surface area contributed by atoms with Gasteiger partial charge in [-0.05, 0) is 67.6 Å². The van der Waals surface area contributed by atoms with Crippen LogP contribution in [0.25, 0.3) is 10.9 Å². The van der Waals surface area contributed by atoms with Crippen LogP contribution in [0.4, 0.5) is 0 Å². The maximum Gasteiger partial charge on any atom is 0.308 e. The summed E-state index contributed by atoms with van der Waals surface area (Å²) in [6, 6.07) is 9.23. The van der Waals surface area contributed by atoms with Crippen LogP contribution in [-0.4, -0.2) is 68.5 Å².